The average molecular weight is 243 g/mol. The first-order valence-electron chi connectivity index (χ1n) is 5.05. The SMILES string of the molecule is Cc1nc(N)c2nc3c(N)nc(N)nc3nc2n1. The van der Waals surface area contributed by atoms with Gasteiger partial charge in [0.1, 0.15) is 5.82 Å². The molecule has 6 N–H and O–H groups in total. The topological polar surface area (TPSA) is 155 Å². The van der Waals surface area contributed by atoms with Gasteiger partial charge in [-0.1, -0.05) is 0 Å². The molecule has 0 spiro atoms. The van der Waals surface area contributed by atoms with Gasteiger partial charge in [-0.05, 0) is 6.92 Å². The van der Waals surface area contributed by atoms with Gasteiger partial charge in [0.2, 0.25) is 5.95 Å². The molecule has 0 aliphatic heterocycles. The number of aryl methyl sites for hydroxylation is 1. The maximum atomic E-state index is 5.77. The molecule has 0 unspecified atom stereocenters. The van der Waals surface area contributed by atoms with Crippen LogP contribution in [0, 0.1) is 6.92 Å². The number of rotatable bonds is 0. The Morgan fingerprint density at radius 1 is 0.667 bits per heavy atom. The molecule has 18 heavy (non-hydrogen) atoms. The second kappa shape index (κ2) is 3.32. The van der Waals surface area contributed by atoms with Gasteiger partial charge in [0.05, 0.1) is 0 Å². The zero-order valence-electron chi connectivity index (χ0n) is 9.42. The molecular weight excluding hydrogens is 234 g/mol. The minimum atomic E-state index is 0.0346. The molecule has 0 radical (unpaired) electrons. The summed E-state index contributed by atoms with van der Waals surface area (Å²) in [5, 5.41) is 0. The van der Waals surface area contributed by atoms with Crippen molar-refractivity contribution < 1.29 is 0 Å². The molecule has 0 aliphatic rings. The van der Waals surface area contributed by atoms with Crippen LogP contribution in [0.25, 0.3) is 22.3 Å². The van der Waals surface area contributed by atoms with Crippen molar-refractivity contribution in [2.75, 3.05) is 17.2 Å². The molecule has 3 heterocycles. The third kappa shape index (κ3) is 1.41. The highest BCUT2D eigenvalue weighted by Gasteiger charge is 2.12. The summed E-state index contributed by atoms with van der Waals surface area (Å²) >= 11 is 0. The van der Waals surface area contributed by atoms with Gasteiger partial charge in [-0.3, -0.25) is 0 Å². The van der Waals surface area contributed by atoms with Crippen LogP contribution in [0.4, 0.5) is 17.6 Å². The summed E-state index contributed by atoms with van der Waals surface area (Å²) in [5.74, 6) is 0.922. The number of nitrogens with zero attached hydrogens (tertiary/aromatic N) is 6. The van der Waals surface area contributed by atoms with Crippen LogP contribution in [-0.2, 0) is 0 Å². The van der Waals surface area contributed by atoms with Crippen molar-refractivity contribution in [1.29, 1.82) is 0 Å². The van der Waals surface area contributed by atoms with Crippen LogP contribution in [0.1, 0.15) is 5.82 Å². The molecule has 0 atom stereocenters. The number of fused-ring (bicyclic) bond motifs is 2. The lowest BCUT2D eigenvalue weighted by Gasteiger charge is -2.04. The van der Waals surface area contributed by atoms with E-state index in [-0.39, 0.29) is 23.2 Å². The first-order chi connectivity index (χ1) is 8.54. The number of aromatic nitrogens is 6. The van der Waals surface area contributed by atoms with E-state index in [9.17, 15) is 0 Å². The lowest BCUT2D eigenvalue weighted by molar-refractivity contribution is 1.07. The van der Waals surface area contributed by atoms with Crippen molar-refractivity contribution in [1.82, 2.24) is 29.9 Å². The zero-order valence-corrected chi connectivity index (χ0v) is 9.42. The van der Waals surface area contributed by atoms with Crippen molar-refractivity contribution in [2.45, 2.75) is 6.92 Å². The molecule has 0 bridgehead atoms. The Bertz CT molecular complexity index is 719. The summed E-state index contributed by atoms with van der Waals surface area (Å²) < 4.78 is 0. The Morgan fingerprint density at radius 3 is 2.00 bits per heavy atom. The van der Waals surface area contributed by atoms with Crippen LogP contribution < -0.4 is 17.2 Å². The van der Waals surface area contributed by atoms with E-state index in [2.05, 4.69) is 29.9 Å². The Hall–Kier alpha value is -2.84. The number of hydrogen-bond acceptors (Lipinski definition) is 9. The Balaban J connectivity index is 2.51. The number of hydrogen-bond donors (Lipinski definition) is 3. The van der Waals surface area contributed by atoms with E-state index in [4.69, 9.17) is 17.2 Å². The smallest absolute Gasteiger partial charge is 0.224 e. The van der Waals surface area contributed by atoms with E-state index >= 15 is 0 Å². The molecule has 0 saturated carbocycles. The fraction of sp³-hybridized carbons (Fsp3) is 0.111. The van der Waals surface area contributed by atoms with E-state index in [0.29, 0.717) is 22.5 Å². The summed E-state index contributed by atoms with van der Waals surface area (Å²) in [7, 11) is 0. The number of anilines is 3. The quantitative estimate of drug-likeness (QED) is 0.439. The molecule has 3 aromatic heterocycles. The van der Waals surface area contributed by atoms with E-state index in [0.717, 1.165) is 0 Å². The molecule has 0 saturated heterocycles. The normalized spacial score (nSPS) is 11.2. The van der Waals surface area contributed by atoms with Crippen LogP contribution in [0.3, 0.4) is 0 Å². The van der Waals surface area contributed by atoms with Crippen LogP contribution in [0.2, 0.25) is 0 Å². The molecule has 0 amide bonds. The second-order valence-corrected chi connectivity index (χ2v) is 3.69. The van der Waals surface area contributed by atoms with Crippen molar-refractivity contribution in [3.05, 3.63) is 5.82 Å². The molecular formula is C9H9N9. The van der Waals surface area contributed by atoms with Gasteiger partial charge in [0, 0.05) is 0 Å². The summed E-state index contributed by atoms with van der Waals surface area (Å²) in [5.41, 5.74) is 18.3. The first-order valence-corrected chi connectivity index (χ1v) is 5.05. The predicted molar refractivity (Wildman–Crippen MR) is 66.2 cm³/mol. The molecule has 0 fully saturated rings. The molecule has 9 nitrogen and oxygen atoms in total. The molecule has 3 rings (SSSR count). The van der Waals surface area contributed by atoms with Gasteiger partial charge < -0.3 is 17.2 Å². The van der Waals surface area contributed by atoms with Gasteiger partial charge >= 0.3 is 0 Å². The molecule has 90 valence electrons. The predicted octanol–water partition coefficient (Wildman–Crippen LogP) is -0.582. The summed E-state index contributed by atoms with van der Waals surface area (Å²) in [6.45, 7) is 1.71. The average Bonchev–Trinajstić information content (AvgIpc) is 2.26. The standard InChI is InChI=1S/C9H9N9/c1-2-13-5(10)3-7(14-2)17-8-4(15-3)6(11)16-9(12)18-8/h1H3,(H6,10,11,12,13,14,16,17,18). The number of nitrogen functional groups attached to an aromatic ring is 3. The lowest BCUT2D eigenvalue weighted by atomic mass is 10.4. The zero-order chi connectivity index (χ0) is 12.9. The highest BCUT2D eigenvalue weighted by molar-refractivity contribution is 5.92. The fourth-order valence-corrected chi connectivity index (χ4v) is 1.63. The van der Waals surface area contributed by atoms with Gasteiger partial charge in [0.15, 0.2) is 34.0 Å². The van der Waals surface area contributed by atoms with Crippen LogP contribution in [-0.4, -0.2) is 29.9 Å². The highest BCUT2D eigenvalue weighted by atomic mass is 15.1. The summed E-state index contributed by atoms with van der Waals surface area (Å²) in [4.78, 5) is 24.4. The first kappa shape index (κ1) is 10.3. The van der Waals surface area contributed by atoms with Crippen molar-refractivity contribution >= 4 is 39.9 Å². The molecule has 0 aliphatic carbocycles. The van der Waals surface area contributed by atoms with Crippen LogP contribution in [0.15, 0.2) is 0 Å². The van der Waals surface area contributed by atoms with Crippen LogP contribution in [0.5, 0.6) is 0 Å². The third-order valence-electron chi connectivity index (χ3n) is 2.35. The van der Waals surface area contributed by atoms with E-state index in [1.54, 1.807) is 6.92 Å². The monoisotopic (exact) mass is 243 g/mol. The fourth-order valence-electron chi connectivity index (χ4n) is 1.63. The van der Waals surface area contributed by atoms with E-state index < -0.39 is 0 Å². The van der Waals surface area contributed by atoms with Gasteiger partial charge in [-0.2, -0.15) is 9.97 Å². The van der Waals surface area contributed by atoms with Gasteiger partial charge in [0.25, 0.3) is 0 Å². The summed E-state index contributed by atoms with van der Waals surface area (Å²) in [6.07, 6.45) is 0. The molecule has 9 heteroatoms. The minimum absolute atomic E-state index is 0.0346. The largest absolute Gasteiger partial charge is 0.382 e. The maximum absolute atomic E-state index is 5.77. The van der Waals surface area contributed by atoms with Crippen molar-refractivity contribution in [3.8, 4) is 0 Å². The lowest BCUT2D eigenvalue weighted by Crippen LogP contribution is -2.06. The molecule has 3 aromatic rings. The van der Waals surface area contributed by atoms with Crippen LogP contribution >= 0.6 is 0 Å². The Morgan fingerprint density at radius 2 is 1.28 bits per heavy atom. The summed E-state index contributed by atoms with van der Waals surface area (Å²) in [6, 6.07) is 0. The minimum Gasteiger partial charge on any atom is -0.382 e. The Kier molecular flexibility index (Phi) is 1.91. The van der Waals surface area contributed by atoms with Crippen molar-refractivity contribution in [2.24, 2.45) is 0 Å². The molecule has 0 aromatic carbocycles. The van der Waals surface area contributed by atoms with Gasteiger partial charge in [-0.25, -0.2) is 19.9 Å². The number of nitrogens with two attached hydrogens (primary N) is 3. The van der Waals surface area contributed by atoms with E-state index in [1.165, 1.54) is 0 Å². The highest BCUT2D eigenvalue weighted by Crippen LogP contribution is 2.20. The van der Waals surface area contributed by atoms with Gasteiger partial charge in [-0.15, -0.1) is 0 Å². The maximum Gasteiger partial charge on any atom is 0.224 e. The van der Waals surface area contributed by atoms with Crippen molar-refractivity contribution in [3.63, 3.8) is 0 Å². The Labute approximate surface area is 100 Å². The van der Waals surface area contributed by atoms with E-state index in [1.807, 2.05) is 0 Å². The third-order valence-corrected chi connectivity index (χ3v) is 2.35. The second-order valence-electron chi connectivity index (χ2n) is 3.69.